The van der Waals surface area contributed by atoms with Gasteiger partial charge in [0.1, 0.15) is 0 Å². The van der Waals surface area contributed by atoms with Gasteiger partial charge in [0.25, 0.3) is 5.56 Å². The maximum Gasteiger partial charge on any atom is 0.416 e. The van der Waals surface area contributed by atoms with Gasteiger partial charge in [-0.2, -0.15) is 22.9 Å². The first kappa shape index (κ1) is 24.7. The molecule has 184 valence electrons. The summed E-state index contributed by atoms with van der Waals surface area (Å²) < 4.78 is 46.6. The van der Waals surface area contributed by atoms with Crippen molar-refractivity contribution in [2.24, 2.45) is 5.10 Å². The Morgan fingerprint density at radius 2 is 1.92 bits per heavy atom. The summed E-state index contributed by atoms with van der Waals surface area (Å²) in [4.78, 5) is 17.8. The standard InChI is InChI=1S/C27H22F3N3O3/c1-3-8-18-13-17(14-23(24(18)34)36-4-2)16-31-33-25(19-9-7-10-20(15-19)27(28,29)30)32-22-12-6-5-11-21(22)26(33)35/h3,5-7,9-16,34H,1,4,8H2,2H3. The number of aromatic hydroxyl groups is 1. The Balaban J connectivity index is 1.91. The van der Waals surface area contributed by atoms with Gasteiger partial charge in [-0.25, -0.2) is 4.98 Å². The van der Waals surface area contributed by atoms with Crippen molar-refractivity contribution in [3.05, 3.63) is 100 Å². The Morgan fingerprint density at radius 3 is 2.64 bits per heavy atom. The predicted octanol–water partition coefficient (Wildman–Crippen LogP) is 5.80. The van der Waals surface area contributed by atoms with Crippen molar-refractivity contribution in [1.29, 1.82) is 0 Å². The molecule has 0 radical (unpaired) electrons. The Morgan fingerprint density at radius 1 is 1.14 bits per heavy atom. The Kier molecular flexibility index (Phi) is 6.91. The van der Waals surface area contributed by atoms with E-state index in [0.717, 1.165) is 16.8 Å². The second kappa shape index (κ2) is 10.1. The molecule has 0 unspecified atom stereocenters. The van der Waals surface area contributed by atoms with Crippen LogP contribution in [0.4, 0.5) is 13.2 Å². The van der Waals surface area contributed by atoms with Gasteiger partial charge in [-0.15, -0.1) is 6.58 Å². The van der Waals surface area contributed by atoms with E-state index in [-0.39, 0.29) is 28.3 Å². The van der Waals surface area contributed by atoms with Crippen LogP contribution in [0.2, 0.25) is 0 Å². The van der Waals surface area contributed by atoms with Crippen LogP contribution in [-0.2, 0) is 12.6 Å². The number of nitrogens with zero attached hydrogens (tertiary/aromatic N) is 3. The van der Waals surface area contributed by atoms with E-state index in [4.69, 9.17) is 4.74 Å². The largest absolute Gasteiger partial charge is 0.504 e. The number of fused-ring (bicyclic) bond motifs is 1. The molecule has 6 nitrogen and oxygen atoms in total. The fourth-order valence-electron chi connectivity index (χ4n) is 3.72. The molecule has 0 atom stereocenters. The number of ether oxygens (including phenoxy) is 1. The Hall–Kier alpha value is -4.40. The minimum atomic E-state index is -4.56. The van der Waals surface area contributed by atoms with E-state index >= 15 is 0 Å². The zero-order valence-electron chi connectivity index (χ0n) is 19.3. The number of hydrogen-bond acceptors (Lipinski definition) is 5. The molecule has 0 amide bonds. The van der Waals surface area contributed by atoms with E-state index < -0.39 is 17.3 Å². The lowest BCUT2D eigenvalue weighted by Gasteiger charge is -2.13. The topological polar surface area (TPSA) is 76.7 Å². The lowest BCUT2D eigenvalue weighted by Crippen LogP contribution is -2.20. The zero-order chi connectivity index (χ0) is 25.9. The Bertz CT molecular complexity index is 1520. The highest BCUT2D eigenvalue weighted by Crippen LogP contribution is 2.33. The van der Waals surface area contributed by atoms with Gasteiger partial charge < -0.3 is 9.84 Å². The van der Waals surface area contributed by atoms with Crippen LogP contribution in [0.25, 0.3) is 22.3 Å². The van der Waals surface area contributed by atoms with Gasteiger partial charge in [0.2, 0.25) is 0 Å². The van der Waals surface area contributed by atoms with E-state index in [1.165, 1.54) is 18.3 Å². The first-order valence-corrected chi connectivity index (χ1v) is 11.1. The molecule has 1 N–H and O–H groups in total. The fourth-order valence-corrected chi connectivity index (χ4v) is 3.72. The summed E-state index contributed by atoms with van der Waals surface area (Å²) in [6.45, 7) is 5.77. The summed E-state index contributed by atoms with van der Waals surface area (Å²) in [6, 6.07) is 14.3. The molecule has 9 heteroatoms. The smallest absolute Gasteiger partial charge is 0.416 e. The van der Waals surface area contributed by atoms with Crippen LogP contribution in [-0.4, -0.2) is 27.6 Å². The fraction of sp³-hybridized carbons (Fsp3) is 0.148. The van der Waals surface area contributed by atoms with Crippen molar-refractivity contribution in [3.63, 3.8) is 0 Å². The molecular weight excluding hydrogens is 471 g/mol. The summed E-state index contributed by atoms with van der Waals surface area (Å²) >= 11 is 0. The van der Waals surface area contributed by atoms with Crippen LogP contribution in [0.15, 0.2) is 83.2 Å². The highest BCUT2D eigenvalue weighted by atomic mass is 19.4. The van der Waals surface area contributed by atoms with Crippen molar-refractivity contribution >= 4 is 17.1 Å². The number of hydrogen-bond donors (Lipinski definition) is 1. The highest BCUT2D eigenvalue weighted by Gasteiger charge is 2.31. The molecule has 0 bridgehead atoms. The molecular formula is C27H22F3N3O3. The number of rotatable bonds is 7. The van der Waals surface area contributed by atoms with Gasteiger partial charge in [-0.05, 0) is 55.3 Å². The number of phenolic OH excluding ortho intramolecular Hbond substituents is 1. The van der Waals surface area contributed by atoms with Crippen molar-refractivity contribution in [3.8, 4) is 22.9 Å². The molecule has 0 aliphatic heterocycles. The van der Waals surface area contributed by atoms with Gasteiger partial charge >= 0.3 is 6.18 Å². The number of alkyl halides is 3. The molecule has 0 saturated carbocycles. The second-order valence-corrected chi connectivity index (χ2v) is 7.85. The van der Waals surface area contributed by atoms with Crippen molar-refractivity contribution in [2.45, 2.75) is 19.5 Å². The highest BCUT2D eigenvalue weighted by molar-refractivity contribution is 5.83. The van der Waals surface area contributed by atoms with Crippen LogP contribution < -0.4 is 10.3 Å². The van der Waals surface area contributed by atoms with Gasteiger partial charge in [0.15, 0.2) is 17.3 Å². The van der Waals surface area contributed by atoms with Crippen LogP contribution >= 0.6 is 0 Å². The summed E-state index contributed by atoms with van der Waals surface area (Å²) in [6.07, 6.45) is -1.22. The lowest BCUT2D eigenvalue weighted by atomic mass is 10.1. The SMILES string of the molecule is C=CCc1cc(C=Nn2c(-c3cccc(C(F)(F)F)c3)nc3ccccc3c2=O)cc(OCC)c1O. The van der Waals surface area contributed by atoms with Gasteiger partial charge in [-0.1, -0.05) is 30.3 Å². The van der Waals surface area contributed by atoms with Gasteiger partial charge in [0, 0.05) is 11.1 Å². The summed E-state index contributed by atoms with van der Waals surface area (Å²) in [5.74, 6) is 0.166. The molecule has 4 aromatic rings. The van der Waals surface area contributed by atoms with Crippen molar-refractivity contribution in [2.75, 3.05) is 6.61 Å². The Labute approximate surface area is 204 Å². The third-order valence-corrected chi connectivity index (χ3v) is 5.36. The van der Waals surface area contributed by atoms with E-state index in [9.17, 15) is 23.1 Å². The summed E-state index contributed by atoms with van der Waals surface area (Å²) in [5.41, 5.74) is 0.0460. The van der Waals surface area contributed by atoms with Gasteiger partial charge in [-0.3, -0.25) is 4.79 Å². The second-order valence-electron chi connectivity index (χ2n) is 7.85. The number of allylic oxidation sites excluding steroid dienone is 1. The first-order valence-electron chi connectivity index (χ1n) is 11.1. The number of para-hydroxylation sites is 1. The number of aromatic nitrogens is 2. The molecule has 4 rings (SSSR count). The predicted molar refractivity (Wildman–Crippen MR) is 133 cm³/mol. The molecule has 36 heavy (non-hydrogen) atoms. The first-order chi connectivity index (χ1) is 17.2. The molecule has 0 aliphatic carbocycles. The molecule has 3 aromatic carbocycles. The van der Waals surface area contributed by atoms with Crippen LogP contribution in [0.3, 0.4) is 0 Å². The number of phenols is 1. The normalized spacial score (nSPS) is 11.8. The van der Waals surface area contributed by atoms with Crippen LogP contribution in [0, 0.1) is 0 Å². The maximum absolute atomic E-state index is 13.4. The number of halogens is 3. The van der Waals surface area contributed by atoms with E-state index in [0.29, 0.717) is 29.7 Å². The van der Waals surface area contributed by atoms with E-state index in [1.807, 2.05) is 0 Å². The molecule has 1 aromatic heterocycles. The summed E-state index contributed by atoms with van der Waals surface area (Å²) in [5, 5.41) is 15.0. The minimum absolute atomic E-state index is 0.0249. The molecule has 0 fully saturated rings. The van der Waals surface area contributed by atoms with E-state index in [2.05, 4.69) is 16.7 Å². The van der Waals surface area contributed by atoms with Crippen LogP contribution in [0.1, 0.15) is 23.6 Å². The molecule has 0 saturated heterocycles. The molecule has 0 aliphatic rings. The lowest BCUT2D eigenvalue weighted by molar-refractivity contribution is -0.137. The quantitative estimate of drug-likeness (QED) is 0.261. The average molecular weight is 493 g/mol. The maximum atomic E-state index is 13.4. The number of benzene rings is 3. The third kappa shape index (κ3) is 5.00. The van der Waals surface area contributed by atoms with Crippen molar-refractivity contribution in [1.82, 2.24) is 9.66 Å². The zero-order valence-corrected chi connectivity index (χ0v) is 19.3. The summed E-state index contributed by atoms with van der Waals surface area (Å²) in [7, 11) is 0. The van der Waals surface area contributed by atoms with Crippen LogP contribution in [0.5, 0.6) is 11.5 Å². The molecule has 0 spiro atoms. The minimum Gasteiger partial charge on any atom is -0.504 e. The third-order valence-electron chi connectivity index (χ3n) is 5.36. The molecule has 1 heterocycles. The van der Waals surface area contributed by atoms with Gasteiger partial charge in [0.05, 0.1) is 29.3 Å². The van der Waals surface area contributed by atoms with E-state index in [1.54, 1.807) is 49.4 Å². The average Bonchev–Trinajstić information content (AvgIpc) is 2.86. The monoisotopic (exact) mass is 493 g/mol. The van der Waals surface area contributed by atoms with Crippen molar-refractivity contribution < 1.29 is 23.0 Å².